The van der Waals surface area contributed by atoms with Crippen molar-refractivity contribution < 1.29 is 14.2 Å². The SMILES string of the molecule is CCCOc1ccc(/C=N/NC(=S)Nc2ccc(OC)cc2)cc1OC. The molecule has 0 aromatic heterocycles. The van der Waals surface area contributed by atoms with E-state index in [1.807, 2.05) is 42.5 Å². The maximum absolute atomic E-state index is 5.63. The number of rotatable bonds is 8. The Labute approximate surface area is 159 Å². The van der Waals surface area contributed by atoms with E-state index in [1.54, 1.807) is 20.4 Å². The number of nitrogens with one attached hydrogen (secondary N) is 2. The third-order valence-electron chi connectivity index (χ3n) is 3.38. The molecule has 0 unspecified atom stereocenters. The quantitative estimate of drug-likeness (QED) is 0.417. The molecule has 0 fully saturated rings. The van der Waals surface area contributed by atoms with E-state index in [2.05, 4.69) is 22.8 Å². The van der Waals surface area contributed by atoms with Gasteiger partial charge in [0.25, 0.3) is 0 Å². The van der Waals surface area contributed by atoms with Crippen molar-refractivity contribution >= 4 is 29.2 Å². The molecule has 0 amide bonds. The minimum Gasteiger partial charge on any atom is -0.497 e. The highest BCUT2D eigenvalue weighted by Gasteiger charge is 2.04. The van der Waals surface area contributed by atoms with E-state index in [9.17, 15) is 0 Å². The lowest BCUT2D eigenvalue weighted by Gasteiger charge is -2.10. The molecule has 6 nitrogen and oxygen atoms in total. The molecule has 2 rings (SSSR count). The first-order valence-corrected chi connectivity index (χ1v) is 8.62. The van der Waals surface area contributed by atoms with Crippen LogP contribution in [0.25, 0.3) is 0 Å². The lowest BCUT2D eigenvalue weighted by Crippen LogP contribution is -2.23. The molecular formula is C19H23N3O3S. The first-order chi connectivity index (χ1) is 12.7. The summed E-state index contributed by atoms with van der Waals surface area (Å²) >= 11 is 5.22. The van der Waals surface area contributed by atoms with Crippen LogP contribution in [0.5, 0.6) is 17.2 Å². The zero-order chi connectivity index (χ0) is 18.8. The van der Waals surface area contributed by atoms with Crippen LogP contribution in [0.15, 0.2) is 47.6 Å². The van der Waals surface area contributed by atoms with Crippen LogP contribution in [0.4, 0.5) is 5.69 Å². The highest BCUT2D eigenvalue weighted by Crippen LogP contribution is 2.27. The van der Waals surface area contributed by atoms with Gasteiger partial charge in [0.05, 0.1) is 27.0 Å². The fourth-order valence-electron chi connectivity index (χ4n) is 2.09. The number of anilines is 1. The van der Waals surface area contributed by atoms with Crippen molar-refractivity contribution in [2.24, 2.45) is 5.10 Å². The van der Waals surface area contributed by atoms with Crippen molar-refractivity contribution in [2.75, 3.05) is 26.1 Å². The van der Waals surface area contributed by atoms with Crippen LogP contribution in [-0.4, -0.2) is 32.2 Å². The first kappa shape index (κ1) is 19.5. The molecule has 0 atom stereocenters. The van der Waals surface area contributed by atoms with E-state index in [0.717, 1.165) is 29.2 Å². The molecule has 0 spiro atoms. The van der Waals surface area contributed by atoms with Gasteiger partial charge >= 0.3 is 0 Å². The van der Waals surface area contributed by atoms with Crippen LogP contribution < -0.4 is 25.0 Å². The van der Waals surface area contributed by atoms with Crippen LogP contribution in [0.1, 0.15) is 18.9 Å². The number of thiocarbonyl (C=S) groups is 1. The van der Waals surface area contributed by atoms with Crippen LogP contribution >= 0.6 is 12.2 Å². The summed E-state index contributed by atoms with van der Waals surface area (Å²) in [7, 11) is 3.24. The Morgan fingerprint density at radius 1 is 1.08 bits per heavy atom. The Hall–Kier alpha value is -2.80. The lowest BCUT2D eigenvalue weighted by atomic mass is 10.2. The maximum atomic E-state index is 5.63. The molecule has 138 valence electrons. The fraction of sp³-hybridized carbons (Fsp3) is 0.263. The number of benzene rings is 2. The number of hydrazone groups is 1. The maximum Gasteiger partial charge on any atom is 0.191 e. The molecule has 7 heteroatoms. The van der Waals surface area contributed by atoms with E-state index < -0.39 is 0 Å². The molecule has 0 aliphatic rings. The summed E-state index contributed by atoms with van der Waals surface area (Å²) < 4.78 is 16.1. The Morgan fingerprint density at radius 3 is 2.50 bits per heavy atom. The Bertz CT molecular complexity index is 748. The van der Waals surface area contributed by atoms with Crippen LogP contribution in [0, 0.1) is 0 Å². The van der Waals surface area contributed by atoms with Gasteiger partial charge in [-0.15, -0.1) is 0 Å². The van der Waals surface area contributed by atoms with Crippen molar-refractivity contribution in [2.45, 2.75) is 13.3 Å². The summed E-state index contributed by atoms with van der Waals surface area (Å²) in [6.07, 6.45) is 2.60. The summed E-state index contributed by atoms with van der Waals surface area (Å²) in [5.41, 5.74) is 4.49. The molecule has 0 aliphatic heterocycles. The summed E-state index contributed by atoms with van der Waals surface area (Å²) in [5, 5.41) is 7.57. The van der Waals surface area contributed by atoms with Crippen molar-refractivity contribution in [3.63, 3.8) is 0 Å². The van der Waals surface area contributed by atoms with Gasteiger partial charge in [0.1, 0.15) is 5.75 Å². The zero-order valence-corrected chi connectivity index (χ0v) is 15.9. The average molecular weight is 373 g/mol. The standard InChI is InChI=1S/C19H23N3O3S/c1-4-11-25-17-10-5-14(12-18(17)24-3)13-20-22-19(26)21-15-6-8-16(23-2)9-7-15/h5-10,12-13H,4,11H2,1-3H3,(H2,21,22,26)/b20-13+. The molecule has 2 N–H and O–H groups in total. The largest absolute Gasteiger partial charge is 0.497 e. The van der Waals surface area contributed by atoms with Crippen LogP contribution in [-0.2, 0) is 0 Å². The van der Waals surface area contributed by atoms with E-state index in [0.29, 0.717) is 17.5 Å². The second-order valence-corrected chi connectivity index (χ2v) is 5.72. The lowest BCUT2D eigenvalue weighted by molar-refractivity contribution is 0.294. The second kappa shape index (κ2) is 10.2. The van der Waals surface area contributed by atoms with E-state index >= 15 is 0 Å². The monoisotopic (exact) mass is 373 g/mol. The number of methoxy groups -OCH3 is 2. The fourth-order valence-corrected chi connectivity index (χ4v) is 2.27. The van der Waals surface area contributed by atoms with Crippen molar-refractivity contribution in [3.8, 4) is 17.2 Å². The summed E-state index contributed by atoms with van der Waals surface area (Å²) in [5.74, 6) is 2.17. The number of hydrogen-bond acceptors (Lipinski definition) is 5. The molecule has 2 aromatic rings. The number of ether oxygens (including phenoxy) is 3. The molecule has 2 aromatic carbocycles. The normalized spacial score (nSPS) is 10.4. The molecule has 0 radical (unpaired) electrons. The van der Waals surface area contributed by atoms with Gasteiger partial charge in [-0.3, -0.25) is 5.43 Å². The van der Waals surface area contributed by atoms with Gasteiger partial charge in [-0.2, -0.15) is 5.10 Å². The predicted octanol–water partition coefficient (Wildman–Crippen LogP) is 3.81. The average Bonchev–Trinajstić information content (AvgIpc) is 2.67. The molecule has 0 saturated heterocycles. The summed E-state index contributed by atoms with van der Waals surface area (Å²) in [6.45, 7) is 2.71. The molecule has 0 aliphatic carbocycles. The Kier molecular flexibility index (Phi) is 7.70. The van der Waals surface area contributed by atoms with Gasteiger partial charge in [-0.25, -0.2) is 0 Å². The van der Waals surface area contributed by atoms with Crippen molar-refractivity contribution in [1.82, 2.24) is 5.43 Å². The third kappa shape index (κ3) is 5.93. The smallest absolute Gasteiger partial charge is 0.191 e. The topological polar surface area (TPSA) is 64.1 Å². The third-order valence-corrected chi connectivity index (χ3v) is 3.57. The van der Waals surface area contributed by atoms with Crippen molar-refractivity contribution in [1.29, 1.82) is 0 Å². The zero-order valence-electron chi connectivity index (χ0n) is 15.1. The Morgan fingerprint density at radius 2 is 1.85 bits per heavy atom. The highest BCUT2D eigenvalue weighted by molar-refractivity contribution is 7.80. The minimum atomic E-state index is 0.390. The highest BCUT2D eigenvalue weighted by atomic mass is 32.1. The second-order valence-electron chi connectivity index (χ2n) is 5.31. The van der Waals surface area contributed by atoms with Gasteiger partial charge in [-0.05, 0) is 66.7 Å². The number of hydrogen-bond donors (Lipinski definition) is 2. The van der Waals surface area contributed by atoms with Crippen LogP contribution in [0.2, 0.25) is 0 Å². The summed E-state index contributed by atoms with van der Waals surface area (Å²) in [6, 6.07) is 13.1. The van der Waals surface area contributed by atoms with Gasteiger partial charge in [-0.1, -0.05) is 6.92 Å². The van der Waals surface area contributed by atoms with E-state index in [-0.39, 0.29) is 0 Å². The van der Waals surface area contributed by atoms with Gasteiger partial charge in [0.15, 0.2) is 16.6 Å². The Balaban J connectivity index is 1.91. The summed E-state index contributed by atoms with van der Waals surface area (Å²) in [4.78, 5) is 0. The first-order valence-electron chi connectivity index (χ1n) is 8.21. The van der Waals surface area contributed by atoms with Gasteiger partial charge in [0, 0.05) is 5.69 Å². The molecule has 0 bridgehead atoms. The molecule has 26 heavy (non-hydrogen) atoms. The molecule has 0 saturated carbocycles. The number of nitrogens with zero attached hydrogens (tertiary/aromatic N) is 1. The van der Waals surface area contributed by atoms with E-state index in [4.69, 9.17) is 26.4 Å². The van der Waals surface area contributed by atoms with E-state index in [1.165, 1.54) is 0 Å². The molecular weight excluding hydrogens is 350 g/mol. The minimum absolute atomic E-state index is 0.390. The van der Waals surface area contributed by atoms with Crippen LogP contribution in [0.3, 0.4) is 0 Å². The van der Waals surface area contributed by atoms with Crippen molar-refractivity contribution in [3.05, 3.63) is 48.0 Å². The van der Waals surface area contributed by atoms with Gasteiger partial charge in [0.2, 0.25) is 0 Å². The predicted molar refractivity (Wildman–Crippen MR) is 109 cm³/mol. The van der Waals surface area contributed by atoms with Gasteiger partial charge < -0.3 is 19.5 Å². The molecule has 0 heterocycles.